The van der Waals surface area contributed by atoms with Gasteiger partial charge >= 0.3 is 5.97 Å². The number of hydrogen-bond donors (Lipinski definition) is 1. The van der Waals surface area contributed by atoms with Crippen molar-refractivity contribution in [2.45, 2.75) is 31.6 Å². The molecule has 0 radical (unpaired) electrons. The number of carboxylic acid groups (broad SMARTS) is 1. The van der Waals surface area contributed by atoms with Gasteiger partial charge in [-0.25, -0.2) is 0 Å². The average Bonchev–Trinajstić information content (AvgIpc) is 3.26. The highest BCUT2D eigenvalue weighted by Crippen LogP contribution is 2.50. The molecule has 0 heterocycles. The maximum Gasteiger partial charge on any atom is 0.305 e. The van der Waals surface area contributed by atoms with Gasteiger partial charge in [0.1, 0.15) is 5.75 Å². The molecule has 1 saturated carbocycles. The first-order chi connectivity index (χ1) is 9.90. The van der Waals surface area contributed by atoms with Gasteiger partial charge in [0.05, 0.1) is 18.9 Å². The van der Waals surface area contributed by atoms with E-state index in [9.17, 15) is 9.59 Å². The van der Waals surface area contributed by atoms with Crippen molar-refractivity contribution in [3.63, 3.8) is 0 Å². The van der Waals surface area contributed by atoms with E-state index in [1.54, 1.807) is 14.2 Å². The molecule has 5 heteroatoms. The molecule has 1 aliphatic rings. The second kappa shape index (κ2) is 5.76. The topological polar surface area (TPSA) is 66.8 Å². The van der Waals surface area contributed by atoms with Gasteiger partial charge in [-0.2, -0.15) is 0 Å². The van der Waals surface area contributed by atoms with Gasteiger partial charge in [0.2, 0.25) is 5.91 Å². The smallest absolute Gasteiger partial charge is 0.305 e. The average molecular weight is 291 g/mol. The van der Waals surface area contributed by atoms with E-state index in [4.69, 9.17) is 9.84 Å². The van der Waals surface area contributed by atoms with Crippen molar-refractivity contribution >= 4 is 11.9 Å². The van der Waals surface area contributed by atoms with E-state index in [-0.39, 0.29) is 18.9 Å². The van der Waals surface area contributed by atoms with Crippen molar-refractivity contribution in [1.82, 2.24) is 4.90 Å². The van der Waals surface area contributed by atoms with Crippen LogP contribution in [0, 0.1) is 6.92 Å². The Kier molecular flexibility index (Phi) is 4.21. The Morgan fingerprint density at radius 3 is 2.57 bits per heavy atom. The fourth-order valence-corrected chi connectivity index (χ4v) is 2.60. The number of carbonyl (C=O) groups is 2. The number of carbonyl (C=O) groups excluding carboxylic acids is 1. The Bertz CT molecular complexity index is 563. The van der Waals surface area contributed by atoms with E-state index in [1.165, 1.54) is 4.90 Å². The maximum absolute atomic E-state index is 12.6. The molecular formula is C16H21NO4. The minimum atomic E-state index is -0.892. The van der Waals surface area contributed by atoms with E-state index < -0.39 is 11.4 Å². The monoisotopic (exact) mass is 291 g/mol. The Balaban J connectivity index is 2.18. The summed E-state index contributed by atoms with van der Waals surface area (Å²) in [5.41, 5.74) is 1.50. The Labute approximate surface area is 124 Å². The highest BCUT2D eigenvalue weighted by molar-refractivity contribution is 5.91. The van der Waals surface area contributed by atoms with E-state index >= 15 is 0 Å². The molecule has 5 nitrogen and oxygen atoms in total. The van der Waals surface area contributed by atoms with Gasteiger partial charge in [-0.05, 0) is 37.0 Å². The molecule has 0 unspecified atom stereocenters. The Hall–Kier alpha value is -2.04. The second-order valence-electron chi connectivity index (χ2n) is 5.64. The molecule has 0 aliphatic heterocycles. The van der Waals surface area contributed by atoms with Crippen LogP contribution in [0.3, 0.4) is 0 Å². The van der Waals surface area contributed by atoms with E-state index in [0.717, 1.165) is 29.7 Å². The number of carboxylic acids is 1. The summed E-state index contributed by atoms with van der Waals surface area (Å²) in [7, 11) is 3.28. The zero-order valence-corrected chi connectivity index (χ0v) is 12.7. The SMILES string of the molecule is COc1cc(C2(C(=O)N(C)CCC(=O)O)CC2)ccc1C. The number of amides is 1. The van der Waals surface area contributed by atoms with Crippen LogP contribution in [0.25, 0.3) is 0 Å². The molecule has 1 aliphatic carbocycles. The molecule has 0 bridgehead atoms. The van der Waals surface area contributed by atoms with Crippen LogP contribution in [0.2, 0.25) is 0 Å². The fourth-order valence-electron chi connectivity index (χ4n) is 2.60. The van der Waals surface area contributed by atoms with E-state index in [1.807, 2.05) is 25.1 Å². The maximum atomic E-state index is 12.6. The lowest BCUT2D eigenvalue weighted by Gasteiger charge is -2.24. The summed E-state index contributed by atoms with van der Waals surface area (Å²) >= 11 is 0. The lowest BCUT2D eigenvalue weighted by atomic mass is 9.93. The van der Waals surface area contributed by atoms with Crippen molar-refractivity contribution in [1.29, 1.82) is 0 Å². The molecular weight excluding hydrogens is 270 g/mol. The van der Waals surface area contributed by atoms with Gasteiger partial charge < -0.3 is 14.7 Å². The molecule has 0 aromatic heterocycles. The number of aryl methyl sites for hydroxylation is 1. The summed E-state index contributed by atoms with van der Waals surface area (Å²) in [6.45, 7) is 2.20. The fraction of sp³-hybridized carbons (Fsp3) is 0.500. The second-order valence-corrected chi connectivity index (χ2v) is 5.64. The highest BCUT2D eigenvalue weighted by atomic mass is 16.5. The summed E-state index contributed by atoms with van der Waals surface area (Å²) in [4.78, 5) is 24.8. The van der Waals surface area contributed by atoms with Crippen molar-refractivity contribution < 1.29 is 19.4 Å². The first kappa shape index (κ1) is 15.4. The van der Waals surface area contributed by atoms with E-state index in [0.29, 0.717) is 0 Å². The molecule has 1 aromatic rings. The van der Waals surface area contributed by atoms with Crippen LogP contribution in [0.5, 0.6) is 5.75 Å². The number of likely N-dealkylation sites (N-methyl/N-ethyl adjacent to an activating group) is 1. The zero-order chi connectivity index (χ0) is 15.6. The number of ether oxygens (including phenoxy) is 1. The van der Waals surface area contributed by atoms with Gasteiger partial charge in [0, 0.05) is 13.6 Å². The third-order valence-electron chi connectivity index (χ3n) is 4.13. The predicted molar refractivity (Wildman–Crippen MR) is 78.5 cm³/mol. The van der Waals surface area contributed by atoms with Crippen molar-refractivity contribution in [3.8, 4) is 5.75 Å². The Morgan fingerprint density at radius 2 is 2.05 bits per heavy atom. The summed E-state index contributed by atoms with van der Waals surface area (Å²) in [6.07, 6.45) is 1.57. The minimum absolute atomic E-state index is 0.00495. The van der Waals surface area contributed by atoms with Gasteiger partial charge in [-0.15, -0.1) is 0 Å². The zero-order valence-electron chi connectivity index (χ0n) is 12.7. The van der Waals surface area contributed by atoms with Gasteiger partial charge in [-0.3, -0.25) is 9.59 Å². The van der Waals surface area contributed by atoms with Crippen molar-refractivity contribution in [3.05, 3.63) is 29.3 Å². The van der Waals surface area contributed by atoms with Crippen LogP contribution in [-0.4, -0.2) is 42.6 Å². The molecule has 1 N–H and O–H groups in total. The summed E-state index contributed by atoms with van der Waals surface area (Å²) < 4.78 is 5.33. The van der Waals surface area contributed by atoms with Crippen LogP contribution in [-0.2, 0) is 15.0 Å². The molecule has 1 aromatic carbocycles. The van der Waals surface area contributed by atoms with Crippen molar-refractivity contribution in [2.24, 2.45) is 0 Å². The number of benzene rings is 1. The van der Waals surface area contributed by atoms with Crippen molar-refractivity contribution in [2.75, 3.05) is 20.7 Å². The lowest BCUT2D eigenvalue weighted by Crippen LogP contribution is -2.37. The number of aliphatic carboxylic acids is 1. The largest absolute Gasteiger partial charge is 0.496 e. The van der Waals surface area contributed by atoms with Crippen LogP contribution in [0.1, 0.15) is 30.4 Å². The van der Waals surface area contributed by atoms with Crippen LogP contribution in [0.15, 0.2) is 18.2 Å². The number of nitrogens with zero attached hydrogens (tertiary/aromatic N) is 1. The third kappa shape index (κ3) is 3.01. The number of methoxy groups -OCH3 is 1. The molecule has 21 heavy (non-hydrogen) atoms. The summed E-state index contributed by atoms with van der Waals surface area (Å²) in [6, 6.07) is 5.85. The summed E-state index contributed by atoms with van der Waals surface area (Å²) in [5, 5.41) is 8.72. The first-order valence-corrected chi connectivity index (χ1v) is 7.03. The normalized spacial score (nSPS) is 15.4. The first-order valence-electron chi connectivity index (χ1n) is 7.03. The minimum Gasteiger partial charge on any atom is -0.496 e. The van der Waals surface area contributed by atoms with Gasteiger partial charge in [-0.1, -0.05) is 12.1 Å². The third-order valence-corrected chi connectivity index (χ3v) is 4.13. The van der Waals surface area contributed by atoms with Gasteiger partial charge in [0.15, 0.2) is 0 Å². The number of hydrogen-bond acceptors (Lipinski definition) is 3. The molecule has 0 atom stereocenters. The molecule has 1 amide bonds. The highest BCUT2D eigenvalue weighted by Gasteiger charge is 2.52. The predicted octanol–water partition coefficient (Wildman–Crippen LogP) is 1.97. The quantitative estimate of drug-likeness (QED) is 0.870. The van der Waals surface area contributed by atoms with E-state index in [2.05, 4.69) is 0 Å². The van der Waals surface area contributed by atoms with Crippen LogP contribution < -0.4 is 4.74 Å². The number of rotatable bonds is 6. The standard InChI is InChI=1S/C16H21NO4/c1-11-4-5-12(10-13(11)21-3)16(7-8-16)15(20)17(2)9-6-14(18)19/h4-5,10H,6-9H2,1-3H3,(H,18,19). The lowest BCUT2D eigenvalue weighted by molar-refractivity contribution is -0.138. The van der Waals surface area contributed by atoms with Crippen LogP contribution >= 0.6 is 0 Å². The molecule has 0 spiro atoms. The van der Waals surface area contributed by atoms with Crippen LogP contribution in [0.4, 0.5) is 0 Å². The molecule has 1 fully saturated rings. The van der Waals surface area contributed by atoms with Gasteiger partial charge in [0.25, 0.3) is 0 Å². The summed E-state index contributed by atoms with van der Waals surface area (Å²) in [5.74, 6) is -0.120. The molecule has 0 saturated heterocycles. The molecule has 114 valence electrons. The molecule has 2 rings (SSSR count). The Morgan fingerprint density at radius 1 is 1.38 bits per heavy atom.